The highest BCUT2D eigenvalue weighted by Gasteiger charge is 2.19. The fourth-order valence-corrected chi connectivity index (χ4v) is 3.41. The third kappa shape index (κ3) is 4.38. The third-order valence-corrected chi connectivity index (χ3v) is 4.85. The highest BCUT2D eigenvalue weighted by molar-refractivity contribution is 9.10. The number of amides is 1. The summed E-state index contributed by atoms with van der Waals surface area (Å²) >= 11 is 3.47. The Hall–Kier alpha value is -2.46. The minimum atomic E-state index is -0.171. The van der Waals surface area contributed by atoms with Crippen LogP contribution in [0.5, 0.6) is 0 Å². The molecule has 0 spiro atoms. The molecule has 3 nitrogen and oxygen atoms in total. The van der Waals surface area contributed by atoms with E-state index in [1.54, 1.807) is 0 Å². The highest BCUT2D eigenvalue weighted by atomic mass is 79.9. The molecular formula is C22H21BrN2O. The quantitative estimate of drug-likeness (QED) is 0.566. The maximum absolute atomic E-state index is 12.7. The first-order chi connectivity index (χ1) is 12.6. The first kappa shape index (κ1) is 18.3. The van der Waals surface area contributed by atoms with Crippen molar-refractivity contribution >= 4 is 27.5 Å². The number of aromatic nitrogens is 1. The topological polar surface area (TPSA) is 42.0 Å². The minimum Gasteiger partial charge on any atom is -0.326 e. The average Bonchev–Trinajstić information content (AvgIpc) is 2.63. The molecule has 1 atom stereocenters. The van der Waals surface area contributed by atoms with Gasteiger partial charge in [-0.1, -0.05) is 47.1 Å². The summed E-state index contributed by atoms with van der Waals surface area (Å²) in [6, 6.07) is 19.9. The summed E-state index contributed by atoms with van der Waals surface area (Å²) in [4.78, 5) is 16.9. The van der Waals surface area contributed by atoms with Crippen molar-refractivity contribution in [2.75, 3.05) is 5.32 Å². The molecule has 1 amide bonds. The molecule has 26 heavy (non-hydrogen) atoms. The summed E-state index contributed by atoms with van der Waals surface area (Å²) in [5.41, 5.74) is 5.03. The van der Waals surface area contributed by atoms with Crippen LogP contribution >= 0.6 is 15.9 Å². The van der Waals surface area contributed by atoms with Crippen molar-refractivity contribution < 1.29 is 4.79 Å². The number of anilines is 1. The van der Waals surface area contributed by atoms with E-state index in [4.69, 9.17) is 0 Å². The van der Waals surface area contributed by atoms with E-state index in [2.05, 4.69) is 26.2 Å². The second-order valence-electron chi connectivity index (χ2n) is 6.27. The largest absolute Gasteiger partial charge is 0.326 e. The number of aryl methyl sites for hydroxylation is 1. The molecule has 1 aromatic heterocycles. The molecule has 0 radical (unpaired) electrons. The number of rotatable bonds is 5. The van der Waals surface area contributed by atoms with E-state index in [1.807, 2.05) is 80.7 Å². The van der Waals surface area contributed by atoms with Gasteiger partial charge in [-0.3, -0.25) is 9.78 Å². The molecule has 0 aliphatic heterocycles. The Morgan fingerprint density at radius 3 is 2.50 bits per heavy atom. The Morgan fingerprint density at radius 1 is 1.08 bits per heavy atom. The van der Waals surface area contributed by atoms with Crippen LogP contribution in [0.15, 0.2) is 71.3 Å². The van der Waals surface area contributed by atoms with Gasteiger partial charge in [-0.15, -0.1) is 0 Å². The van der Waals surface area contributed by atoms with Crippen LogP contribution in [0.4, 0.5) is 5.69 Å². The van der Waals surface area contributed by atoms with Crippen LogP contribution in [0, 0.1) is 6.92 Å². The van der Waals surface area contributed by atoms with Gasteiger partial charge in [0.2, 0.25) is 5.91 Å². The van der Waals surface area contributed by atoms with Gasteiger partial charge in [-0.05, 0) is 66.4 Å². The predicted molar refractivity (Wildman–Crippen MR) is 110 cm³/mol. The molecule has 0 saturated carbocycles. The van der Waals surface area contributed by atoms with E-state index in [1.165, 1.54) is 0 Å². The summed E-state index contributed by atoms with van der Waals surface area (Å²) in [6.45, 7) is 4.00. The van der Waals surface area contributed by atoms with Crippen molar-refractivity contribution in [3.8, 4) is 11.1 Å². The standard InChI is InChI=1S/C22H21BrN2O/c1-3-21(18-5-4-6-19(23)14-18)22(26)25-20-9-7-16(8-10-20)17-11-12-24-15(2)13-17/h4-14,21H,3H2,1-2H3,(H,25,26). The van der Waals surface area contributed by atoms with Gasteiger partial charge in [-0.25, -0.2) is 0 Å². The summed E-state index contributed by atoms with van der Waals surface area (Å²) in [5, 5.41) is 3.03. The fraction of sp³-hybridized carbons (Fsp3) is 0.182. The number of pyridine rings is 1. The van der Waals surface area contributed by atoms with Gasteiger partial charge >= 0.3 is 0 Å². The lowest BCUT2D eigenvalue weighted by Crippen LogP contribution is -2.20. The molecule has 4 heteroatoms. The molecule has 3 aromatic rings. The Balaban J connectivity index is 1.74. The van der Waals surface area contributed by atoms with E-state index >= 15 is 0 Å². The summed E-state index contributed by atoms with van der Waals surface area (Å²) in [5.74, 6) is -0.159. The second-order valence-corrected chi connectivity index (χ2v) is 7.18. The van der Waals surface area contributed by atoms with E-state index in [9.17, 15) is 4.79 Å². The molecule has 0 aliphatic rings. The van der Waals surface area contributed by atoms with Gasteiger partial charge in [0.1, 0.15) is 0 Å². The number of hydrogen-bond acceptors (Lipinski definition) is 2. The van der Waals surface area contributed by atoms with Gasteiger partial charge in [0, 0.05) is 22.1 Å². The van der Waals surface area contributed by atoms with Crippen LogP contribution in [0.3, 0.4) is 0 Å². The number of halogens is 1. The Morgan fingerprint density at radius 2 is 1.85 bits per heavy atom. The zero-order chi connectivity index (χ0) is 18.5. The number of carbonyl (C=O) groups is 1. The van der Waals surface area contributed by atoms with Crippen molar-refractivity contribution in [1.29, 1.82) is 0 Å². The average molecular weight is 409 g/mol. The fourth-order valence-electron chi connectivity index (χ4n) is 3.00. The maximum atomic E-state index is 12.7. The Labute approximate surface area is 162 Å². The first-order valence-corrected chi connectivity index (χ1v) is 9.45. The van der Waals surface area contributed by atoms with E-state index in [0.717, 1.165) is 39.0 Å². The summed E-state index contributed by atoms with van der Waals surface area (Å²) in [6.07, 6.45) is 2.56. The van der Waals surface area contributed by atoms with Gasteiger partial charge in [0.25, 0.3) is 0 Å². The molecule has 0 bridgehead atoms. The van der Waals surface area contributed by atoms with Gasteiger partial charge in [0.15, 0.2) is 0 Å². The Bertz CT molecular complexity index is 906. The normalized spacial score (nSPS) is 11.8. The number of nitrogens with one attached hydrogen (secondary N) is 1. The van der Waals surface area contributed by atoms with Crippen molar-refractivity contribution in [3.05, 3.63) is 82.6 Å². The van der Waals surface area contributed by atoms with Gasteiger partial charge < -0.3 is 5.32 Å². The zero-order valence-electron chi connectivity index (χ0n) is 14.9. The monoisotopic (exact) mass is 408 g/mol. The van der Waals surface area contributed by atoms with E-state index in [-0.39, 0.29) is 11.8 Å². The lowest BCUT2D eigenvalue weighted by molar-refractivity contribution is -0.117. The number of nitrogens with zero attached hydrogens (tertiary/aromatic N) is 1. The van der Waals surface area contributed by atoms with E-state index in [0.29, 0.717) is 0 Å². The molecule has 132 valence electrons. The number of hydrogen-bond donors (Lipinski definition) is 1. The SMILES string of the molecule is CCC(C(=O)Nc1ccc(-c2ccnc(C)c2)cc1)c1cccc(Br)c1. The second kappa shape index (κ2) is 8.28. The highest BCUT2D eigenvalue weighted by Crippen LogP contribution is 2.26. The smallest absolute Gasteiger partial charge is 0.231 e. The van der Waals surface area contributed by atoms with Crippen molar-refractivity contribution in [2.45, 2.75) is 26.2 Å². The van der Waals surface area contributed by atoms with Crippen LogP contribution in [0.25, 0.3) is 11.1 Å². The lowest BCUT2D eigenvalue weighted by atomic mass is 9.95. The molecule has 1 N–H and O–H groups in total. The van der Waals surface area contributed by atoms with Crippen molar-refractivity contribution in [1.82, 2.24) is 4.98 Å². The zero-order valence-corrected chi connectivity index (χ0v) is 16.5. The number of benzene rings is 2. The maximum Gasteiger partial charge on any atom is 0.231 e. The van der Waals surface area contributed by atoms with Crippen LogP contribution in [0.2, 0.25) is 0 Å². The first-order valence-electron chi connectivity index (χ1n) is 8.66. The van der Waals surface area contributed by atoms with E-state index < -0.39 is 0 Å². The molecule has 3 rings (SSSR count). The number of carbonyl (C=O) groups excluding carboxylic acids is 1. The van der Waals surface area contributed by atoms with Crippen LogP contribution < -0.4 is 5.32 Å². The molecule has 0 aliphatic carbocycles. The molecule has 1 heterocycles. The lowest BCUT2D eigenvalue weighted by Gasteiger charge is -2.16. The van der Waals surface area contributed by atoms with Crippen molar-refractivity contribution in [3.63, 3.8) is 0 Å². The summed E-state index contributed by atoms with van der Waals surface area (Å²) in [7, 11) is 0. The van der Waals surface area contributed by atoms with Crippen LogP contribution in [-0.2, 0) is 4.79 Å². The predicted octanol–water partition coefficient (Wildman–Crippen LogP) is 5.95. The Kier molecular flexibility index (Phi) is 5.84. The minimum absolute atomic E-state index is 0.0121. The van der Waals surface area contributed by atoms with Gasteiger partial charge in [-0.2, -0.15) is 0 Å². The molecule has 2 aromatic carbocycles. The van der Waals surface area contributed by atoms with Gasteiger partial charge in [0.05, 0.1) is 5.92 Å². The van der Waals surface area contributed by atoms with Crippen molar-refractivity contribution in [2.24, 2.45) is 0 Å². The molecule has 0 saturated heterocycles. The summed E-state index contributed by atoms with van der Waals surface area (Å²) < 4.78 is 0.984. The third-order valence-electron chi connectivity index (χ3n) is 4.36. The van der Waals surface area contributed by atoms with Crippen LogP contribution in [-0.4, -0.2) is 10.9 Å². The molecular weight excluding hydrogens is 388 g/mol. The molecule has 1 unspecified atom stereocenters. The molecule has 0 fully saturated rings. The van der Waals surface area contributed by atoms with Crippen LogP contribution in [0.1, 0.15) is 30.5 Å².